The summed E-state index contributed by atoms with van der Waals surface area (Å²) in [6.07, 6.45) is 0.370. The van der Waals surface area contributed by atoms with Crippen molar-refractivity contribution in [2.45, 2.75) is 19.1 Å². The van der Waals surface area contributed by atoms with Crippen LogP contribution in [0.25, 0.3) is 11.0 Å². The smallest absolute Gasteiger partial charge is 0.410 e. The molecule has 0 radical (unpaired) electrons. The van der Waals surface area contributed by atoms with Gasteiger partial charge in [0, 0.05) is 43.2 Å². The second kappa shape index (κ2) is 10.2. The lowest BCUT2D eigenvalue weighted by molar-refractivity contribution is 0.0827. The van der Waals surface area contributed by atoms with Crippen LogP contribution in [0, 0.1) is 0 Å². The number of carbonyl (C=O) groups is 1. The number of hydrogen-bond donors (Lipinski definition) is 1. The van der Waals surface area contributed by atoms with Crippen LogP contribution in [-0.2, 0) is 11.3 Å². The molecule has 1 N–H and O–H groups in total. The maximum atomic E-state index is 12.4. The van der Waals surface area contributed by atoms with Crippen molar-refractivity contribution in [2.75, 3.05) is 33.4 Å². The molecule has 1 amide bonds. The van der Waals surface area contributed by atoms with Gasteiger partial charge in [0.1, 0.15) is 12.2 Å². The third-order valence-electron chi connectivity index (χ3n) is 5.35. The summed E-state index contributed by atoms with van der Waals surface area (Å²) in [5.74, 6) is 1.07. The second-order valence-electron chi connectivity index (χ2n) is 7.57. The summed E-state index contributed by atoms with van der Waals surface area (Å²) in [5.41, 5.74) is 0.983. The Morgan fingerprint density at radius 3 is 2.81 bits per heavy atom. The number of piperazine rings is 1. The first-order valence-corrected chi connectivity index (χ1v) is 10.6. The van der Waals surface area contributed by atoms with Crippen molar-refractivity contribution in [3.63, 3.8) is 0 Å². The van der Waals surface area contributed by atoms with E-state index in [1.54, 1.807) is 30.2 Å². The minimum absolute atomic E-state index is 0.0809. The number of methoxy groups -OCH3 is 1. The molecule has 0 unspecified atom stereocenters. The molecular weight excluding hydrogens is 412 g/mol. The van der Waals surface area contributed by atoms with Crippen molar-refractivity contribution >= 4 is 17.1 Å². The molecule has 1 saturated heterocycles. The van der Waals surface area contributed by atoms with E-state index in [4.69, 9.17) is 18.6 Å². The fraction of sp³-hybridized carbons (Fsp3) is 0.333. The lowest BCUT2D eigenvalue weighted by Gasteiger charge is -2.33. The third kappa shape index (κ3) is 5.39. The van der Waals surface area contributed by atoms with Crippen molar-refractivity contribution in [3.8, 4) is 11.5 Å². The van der Waals surface area contributed by atoms with E-state index in [1.807, 2.05) is 30.3 Å². The zero-order valence-electron chi connectivity index (χ0n) is 17.9. The van der Waals surface area contributed by atoms with Crippen LogP contribution >= 0.6 is 0 Å². The van der Waals surface area contributed by atoms with Gasteiger partial charge in [0.15, 0.2) is 11.5 Å². The van der Waals surface area contributed by atoms with Gasteiger partial charge in [0.25, 0.3) is 0 Å². The van der Waals surface area contributed by atoms with Crippen LogP contribution < -0.4 is 20.4 Å². The average molecular weight is 438 g/mol. The topological polar surface area (TPSA) is 90.2 Å². The summed E-state index contributed by atoms with van der Waals surface area (Å²) in [7, 11) is 1.56. The first-order valence-electron chi connectivity index (χ1n) is 10.6. The van der Waals surface area contributed by atoms with Crippen LogP contribution in [0.4, 0.5) is 4.79 Å². The number of carbonyl (C=O) groups excluding carboxylic acids is 1. The highest BCUT2D eigenvalue weighted by Crippen LogP contribution is 2.32. The fourth-order valence-corrected chi connectivity index (χ4v) is 3.65. The molecular formula is C24H26N2O6. The molecule has 1 aliphatic rings. The quantitative estimate of drug-likeness (QED) is 0.567. The van der Waals surface area contributed by atoms with Crippen molar-refractivity contribution < 1.29 is 23.4 Å². The van der Waals surface area contributed by atoms with Crippen molar-refractivity contribution in [1.82, 2.24) is 10.2 Å². The summed E-state index contributed by atoms with van der Waals surface area (Å²) < 4.78 is 22.0. The molecule has 0 aliphatic carbocycles. The number of nitrogens with one attached hydrogen (secondary N) is 1. The van der Waals surface area contributed by atoms with E-state index in [9.17, 15) is 9.59 Å². The van der Waals surface area contributed by atoms with Crippen molar-refractivity contribution in [3.05, 3.63) is 70.6 Å². The number of rotatable bonds is 7. The third-order valence-corrected chi connectivity index (χ3v) is 5.35. The molecule has 0 bridgehead atoms. The molecule has 2 aromatic carbocycles. The number of hydrogen-bond acceptors (Lipinski definition) is 7. The highest BCUT2D eigenvalue weighted by atomic mass is 16.6. The van der Waals surface area contributed by atoms with Gasteiger partial charge in [-0.1, -0.05) is 30.3 Å². The first kappa shape index (κ1) is 21.7. The minimum atomic E-state index is -0.417. The van der Waals surface area contributed by atoms with Gasteiger partial charge in [-0.05, 0) is 24.1 Å². The SMILES string of the molecule is COc1cc2ccc(=O)oc2cc1OCC[C@@H]1CN(C(=O)OCc2ccccc2)CCN1. The molecule has 8 nitrogen and oxygen atoms in total. The molecule has 2 heterocycles. The predicted molar refractivity (Wildman–Crippen MR) is 119 cm³/mol. The number of ether oxygens (including phenoxy) is 3. The number of nitrogens with zero attached hydrogens (tertiary/aromatic N) is 1. The fourth-order valence-electron chi connectivity index (χ4n) is 3.65. The molecule has 1 atom stereocenters. The van der Waals surface area contributed by atoms with Gasteiger partial charge in [-0.25, -0.2) is 9.59 Å². The Morgan fingerprint density at radius 1 is 1.16 bits per heavy atom. The Balaban J connectivity index is 1.30. The molecule has 1 fully saturated rings. The summed E-state index contributed by atoms with van der Waals surface area (Å²) in [6.45, 7) is 2.50. The maximum Gasteiger partial charge on any atom is 0.410 e. The maximum absolute atomic E-state index is 12.4. The molecule has 0 saturated carbocycles. The lowest BCUT2D eigenvalue weighted by Crippen LogP contribution is -2.53. The molecule has 4 rings (SSSR count). The molecule has 1 aliphatic heterocycles. The van der Waals surface area contributed by atoms with E-state index in [2.05, 4.69) is 5.32 Å². The minimum Gasteiger partial charge on any atom is -0.493 e. The van der Waals surface area contributed by atoms with Gasteiger partial charge < -0.3 is 28.8 Å². The van der Waals surface area contributed by atoms with Crippen LogP contribution in [0.3, 0.4) is 0 Å². The van der Waals surface area contributed by atoms with Crippen LogP contribution in [0.5, 0.6) is 11.5 Å². The summed E-state index contributed by atoms with van der Waals surface area (Å²) in [5, 5.41) is 4.17. The molecule has 0 spiro atoms. The van der Waals surface area contributed by atoms with Gasteiger partial charge in [-0.2, -0.15) is 0 Å². The summed E-state index contributed by atoms with van der Waals surface area (Å²) in [4.78, 5) is 25.7. The van der Waals surface area contributed by atoms with E-state index < -0.39 is 5.63 Å². The Morgan fingerprint density at radius 2 is 2.00 bits per heavy atom. The molecule has 8 heteroatoms. The molecule has 1 aromatic heterocycles. The zero-order valence-corrected chi connectivity index (χ0v) is 17.9. The van der Waals surface area contributed by atoms with Crippen LogP contribution in [0.15, 0.2) is 63.8 Å². The van der Waals surface area contributed by atoms with Gasteiger partial charge >= 0.3 is 11.7 Å². The number of benzene rings is 2. The van der Waals surface area contributed by atoms with Gasteiger partial charge in [0.05, 0.1) is 13.7 Å². The molecule has 168 valence electrons. The Labute approximate surface area is 185 Å². The van der Waals surface area contributed by atoms with E-state index in [0.717, 1.165) is 10.9 Å². The lowest BCUT2D eigenvalue weighted by atomic mass is 10.1. The predicted octanol–water partition coefficient (Wildman–Crippen LogP) is 3.18. The average Bonchev–Trinajstić information content (AvgIpc) is 2.83. The number of amides is 1. The Hall–Kier alpha value is -3.52. The molecule has 3 aromatic rings. The Kier molecular flexibility index (Phi) is 6.91. The van der Waals surface area contributed by atoms with E-state index in [-0.39, 0.29) is 18.7 Å². The van der Waals surface area contributed by atoms with Crippen LogP contribution in [0.1, 0.15) is 12.0 Å². The summed E-state index contributed by atoms with van der Waals surface area (Å²) in [6, 6.07) is 16.2. The number of fused-ring (bicyclic) bond motifs is 1. The van der Waals surface area contributed by atoms with Gasteiger partial charge in [-0.15, -0.1) is 0 Å². The van der Waals surface area contributed by atoms with Crippen molar-refractivity contribution in [1.29, 1.82) is 0 Å². The van der Waals surface area contributed by atoms with Crippen LogP contribution in [-0.4, -0.2) is 50.4 Å². The largest absolute Gasteiger partial charge is 0.493 e. The highest BCUT2D eigenvalue weighted by Gasteiger charge is 2.24. The Bertz CT molecular complexity index is 1110. The summed E-state index contributed by atoms with van der Waals surface area (Å²) >= 11 is 0. The van der Waals surface area contributed by atoms with E-state index in [0.29, 0.717) is 49.7 Å². The van der Waals surface area contributed by atoms with Gasteiger partial charge in [-0.3, -0.25) is 0 Å². The van der Waals surface area contributed by atoms with E-state index >= 15 is 0 Å². The zero-order chi connectivity index (χ0) is 22.3. The molecule has 32 heavy (non-hydrogen) atoms. The van der Waals surface area contributed by atoms with E-state index in [1.165, 1.54) is 6.07 Å². The second-order valence-corrected chi connectivity index (χ2v) is 7.57. The normalized spacial score (nSPS) is 16.0. The highest BCUT2D eigenvalue weighted by molar-refractivity contribution is 5.80. The monoisotopic (exact) mass is 438 g/mol. The van der Waals surface area contributed by atoms with Crippen LogP contribution in [0.2, 0.25) is 0 Å². The first-order chi connectivity index (χ1) is 15.6. The van der Waals surface area contributed by atoms with Gasteiger partial charge in [0.2, 0.25) is 0 Å². The standard InChI is InChI=1S/C24H26N2O6/c1-29-21-13-18-7-8-23(27)32-20(18)14-22(21)30-12-9-19-15-26(11-10-25-19)24(28)31-16-17-5-3-2-4-6-17/h2-8,13-14,19,25H,9-12,15-16H2,1H3/t19-/m1/s1. The van der Waals surface area contributed by atoms with Crippen molar-refractivity contribution in [2.24, 2.45) is 0 Å².